The molecule has 0 heterocycles. The first-order valence-electron chi connectivity index (χ1n) is 1.95. The Balaban J connectivity index is 3.95. The maximum Gasteiger partial charge on any atom is 0.210 e. The molecule has 0 fully saturated rings. The molecule has 0 aliphatic rings. The Labute approximate surface area is 78.7 Å². The topological polar surface area (TPSA) is 0 Å². The van der Waals surface area contributed by atoms with Gasteiger partial charge in [0.25, 0.3) is 0 Å². The van der Waals surface area contributed by atoms with Crippen LogP contribution in [0.2, 0.25) is 0 Å². The van der Waals surface area contributed by atoms with Gasteiger partial charge in [0.2, 0.25) is 3.79 Å². The second kappa shape index (κ2) is 4.15. The van der Waals surface area contributed by atoms with Crippen molar-refractivity contribution in [3.05, 3.63) is 11.1 Å². The Kier molecular flexibility index (Phi) is 4.70. The average molecular weight is 228 g/mol. The van der Waals surface area contributed by atoms with E-state index < -0.39 is 3.79 Å². The number of allylic oxidation sites excluding steroid dienone is 2. The minimum Gasteiger partial charge on any atom is -0.121 e. The second-order valence-electron chi connectivity index (χ2n) is 1.27. The van der Waals surface area contributed by atoms with Gasteiger partial charge in [-0.25, -0.2) is 0 Å². The van der Waals surface area contributed by atoms with Gasteiger partial charge in [0.1, 0.15) is 0 Å². The molecule has 0 amide bonds. The Morgan fingerprint density at radius 2 is 1.78 bits per heavy atom. The van der Waals surface area contributed by atoms with Crippen molar-refractivity contribution in [2.45, 2.75) is 3.79 Å². The van der Waals surface area contributed by atoms with E-state index in [2.05, 4.69) is 0 Å². The number of hydrogen-bond donors (Lipinski definition) is 0. The molecule has 0 saturated carbocycles. The summed E-state index contributed by atoms with van der Waals surface area (Å²) in [5.41, 5.74) is 0. The summed E-state index contributed by atoms with van der Waals surface area (Å²) in [6.07, 6.45) is 1.26. The van der Waals surface area contributed by atoms with Gasteiger partial charge in [-0.3, -0.25) is 0 Å². The standard InChI is InChI=1S/C4H3Cl5/c5-2-3(6)1-4(7,8)9/h1H,2H2. The van der Waals surface area contributed by atoms with Crippen LogP contribution in [0.3, 0.4) is 0 Å². The van der Waals surface area contributed by atoms with Gasteiger partial charge in [-0.2, -0.15) is 0 Å². The van der Waals surface area contributed by atoms with E-state index in [0.717, 1.165) is 0 Å². The first-order valence-corrected chi connectivity index (χ1v) is 4.00. The molecule has 0 radical (unpaired) electrons. The van der Waals surface area contributed by atoms with Crippen molar-refractivity contribution < 1.29 is 0 Å². The van der Waals surface area contributed by atoms with Crippen LogP contribution in [0.1, 0.15) is 0 Å². The predicted molar refractivity (Wildman–Crippen MR) is 44.9 cm³/mol. The van der Waals surface area contributed by atoms with Crippen molar-refractivity contribution in [3.63, 3.8) is 0 Å². The van der Waals surface area contributed by atoms with Crippen molar-refractivity contribution >= 4 is 58.0 Å². The third-order valence-corrected chi connectivity index (χ3v) is 1.44. The first kappa shape index (κ1) is 10.2. The zero-order valence-electron chi connectivity index (χ0n) is 4.17. The minimum atomic E-state index is -1.44. The summed E-state index contributed by atoms with van der Waals surface area (Å²) in [6, 6.07) is 0. The van der Waals surface area contributed by atoms with E-state index >= 15 is 0 Å². The number of hydrogen-bond acceptors (Lipinski definition) is 0. The van der Waals surface area contributed by atoms with Gasteiger partial charge in [-0.1, -0.05) is 46.4 Å². The Morgan fingerprint density at radius 1 is 1.33 bits per heavy atom. The number of alkyl halides is 4. The van der Waals surface area contributed by atoms with E-state index in [4.69, 9.17) is 58.0 Å². The normalized spacial score (nSPS) is 14.1. The van der Waals surface area contributed by atoms with Gasteiger partial charge in [0, 0.05) is 5.03 Å². The summed E-state index contributed by atoms with van der Waals surface area (Å²) in [5.74, 6) is 0.162. The summed E-state index contributed by atoms with van der Waals surface area (Å²) in [5, 5.41) is 0.330. The molecular formula is C4H3Cl5. The lowest BCUT2D eigenvalue weighted by Gasteiger charge is -2.02. The van der Waals surface area contributed by atoms with Crippen LogP contribution in [-0.4, -0.2) is 9.67 Å². The number of halogens is 5. The van der Waals surface area contributed by atoms with E-state index in [0.29, 0.717) is 5.03 Å². The third-order valence-electron chi connectivity index (χ3n) is 0.448. The molecule has 0 atom stereocenters. The number of rotatable bonds is 1. The van der Waals surface area contributed by atoms with E-state index in [-0.39, 0.29) is 5.88 Å². The molecular weight excluding hydrogens is 225 g/mol. The molecule has 0 rings (SSSR count). The van der Waals surface area contributed by atoms with E-state index in [1.807, 2.05) is 0 Å². The van der Waals surface area contributed by atoms with Crippen LogP contribution in [0.4, 0.5) is 0 Å². The van der Waals surface area contributed by atoms with Gasteiger partial charge in [-0.05, 0) is 6.08 Å². The highest BCUT2D eigenvalue weighted by Gasteiger charge is 2.15. The lowest BCUT2D eigenvalue weighted by molar-refractivity contribution is 1.42. The SMILES string of the molecule is ClCC(Cl)=CC(Cl)(Cl)Cl. The van der Waals surface area contributed by atoms with Gasteiger partial charge in [0.05, 0.1) is 5.88 Å². The molecule has 5 heteroatoms. The lowest BCUT2D eigenvalue weighted by Crippen LogP contribution is -1.96. The van der Waals surface area contributed by atoms with Crippen molar-refractivity contribution in [2.75, 3.05) is 5.88 Å². The highest BCUT2D eigenvalue weighted by molar-refractivity contribution is 6.69. The largest absolute Gasteiger partial charge is 0.210 e. The fraction of sp³-hybridized carbons (Fsp3) is 0.500. The zero-order valence-corrected chi connectivity index (χ0v) is 7.95. The molecule has 0 unspecified atom stereocenters. The summed E-state index contributed by atoms with van der Waals surface area (Å²) < 4.78 is -1.44. The quantitative estimate of drug-likeness (QED) is 0.600. The van der Waals surface area contributed by atoms with E-state index in [1.54, 1.807) is 0 Å². The van der Waals surface area contributed by atoms with Crippen LogP contribution in [0.25, 0.3) is 0 Å². The van der Waals surface area contributed by atoms with Crippen LogP contribution in [0, 0.1) is 0 Å². The van der Waals surface area contributed by atoms with Gasteiger partial charge < -0.3 is 0 Å². The summed E-state index contributed by atoms with van der Waals surface area (Å²) in [6.45, 7) is 0. The van der Waals surface area contributed by atoms with E-state index in [9.17, 15) is 0 Å². The summed E-state index contributed by atoms with van der Waals surface area (Å²) in [4.78, 5) is 0. The molecule has 0 aromatic rings. The third kappa shape index (κ3) is 7.08. The molecule has 0 N–H and O–H groups in total. The van der Waals surface area contributed by atoms with E-state index in [1.165, 1.54) is 6.08 Å². The monoisotopic (exact) mass is 226 g/mol. The molecule has 0 nitrogen and oxygen atoms in total. The maximum atomic E-state index is 5.43. The molecule has 54 valence electrons. The fourth-order valence-corrected chi connectivity index (χ4v) is 1.02. The molecule has 9 heavy (non-hydrogen) atoms. The van der Waals surface area contributed by atoms with Gasteiger partial charge in [0.15, 0.2) is 0 Å². The van der Waals surface area contributed by atoms with Crippen LogP contribution >= 0.6 is 58.0 Å². The fourth-order valence-electron chi connectivity index (χ4n) is 0.216. The minimum absolute atomic E-state index is 0.162. The Bertz CT molecular complexity index is 111. The highest BCUT2D eigenvalue weighted by Crippen LogP contribution is 2.29. The zero-order chi connectivity index (χ0) is 7.49. The highest BCUT2D eigenvalue weighted by atomic mass is 35.6. The summed E-state index contributed by atoms with van der Waals surface area (Å²) in [7, 11) is 0. The molecule has 0 aliphatic carbocycles. The average Bonchev–Trinajstić information content (AvgIpc) is 1.62. The first-order chi connectivity index (χ1) is 3.95. The van der Waals surface area contributed by atoms with Crippen molar-refractivity contribution in [1.82, 2.24) is 0 Å². The summed E-state index contributed by atoms with van der Waals surface area (Å²) >= 11 is 26.7. The van der Waals surface area contributed by atoms with Crippen molar-refractivity contribution in [2.24, 2.45) is 0 Å². The lowest BCUT2D eigenvalue weighted by atomic mass is 10.6. The molecule has 0 saturated heterocycles. The maximum absolute atomic E-state index is 5.43. The van der Waals surface area contributed by atoms with Crippen LogP contribution in [0.15, 0.2) is 11.1 Å². The molecule has 0 spiro atoms. The molecule has 0 aromatic carbocycles. The van der Waals surface area contributed by atoms with Crippen LogP contribution < -0.4 is 0 Å². The van der Waals surface area contributed by atoms with Crippen LogP contribution in [-0.2, 0) is 0 Å². The van der Waals surface area contributed by atoms with Crippen molar-refractivity contribution in [1.29, 1.82) is 0 Å². The van der Waals surface area contributed by atoms with Crippen molar-refractivity contribution in [3.8, 4) is 0 Å². The Morgan fingerprint density at radius 3 is 1.89 bits per heavy atom. The Hall–Kier alpha value is 1.19. The predicted octanol–water partition coefficient (Wildman–Crippen LogP) is 3.72. The van der Waals surface area contributed by atoms with Crippen LogP contribution in [0.5, 0.6) is 0 Å². The molecule has 0 aliphatic heterocycles. The molecule has 0 aromatic heterocycles. The van der Waals surface area contributed by atoms with Gasteiger partial charge in [-0.15, -0.1) is 11.6 Å². The van der Waals surface area contributed by atoms with Gasteiger partial charge >= 0.3 is 0 Å². The smallest absolute Gasteiger partial charge is 0.121 e. The second-order valence-corrected chi connectivity index (χ2v) is 4.39. The molecule has 0 bridgehead atoms.